The van der Waals surface area contributed by atoms with E-state index in [2.05, 4.69) is 41.0 Å². The first-order valence-corrected chi connectivity index (χ1v) is 6.38. The topological polar surface area (TPSA) is 29.9 Å². The summed E-state index contributed by atoms with van der Waals surface area (Å²) in [5.41, 5.74) is 1.29. The minimum absolute atomic E-state index is 0.441. The van der Waals surface area contributed by atoms with E-state index in [9.17, 15) is 0 Å². The lowest BCUT2D eigenvalue weighted by molar-refractivity contribution is 0.584. The van der Waals surface area contributed by atoms with Gasteiger partial charge in [0.05, 0.1) is 6.20 Å². The van der Waals surface area contributed by atoms with E-state index in [-0.39, 0.29) is 0 Å². The second-order valence-electron chi connectivity index (χ2n) is 3.96. The predicted octanol–water partition coefficient (Wildman–Crippen LogP) is 2.37. The zero-order valence-electron chi connectivity index (χ0n) is 9.68. The summed E-state index contributed by atoms with van der Waals surface area (Å²) in [4.78, 5) is 1.39. The molecule has 2 aromatic heterocycles. The number of nitrogens with one attached hydrogen (secondary N) is 1. The Labute approximate surface area is 100 Å². The molecule has 0 saturated carbocycles. The van der Waals surface area contributed by atoms with Crippen LogP contribution >= 0.6 is 11.3 Å². The fourth-order valence-electron chi connectivity index (χ4n) is 1.67. The van der Waals surface area contributed by atoms with Crippen molar-refractivity contribution in [2.24, 2.45) is 7.05 Å². The van der Waals surface area contributed by atoms with Gasteiger partial charge in [0.25, 0.3) is 0 Å². The molecule has 4 heteroatoms. The monoisotopic (exact) mass is 235 g/mol. The molecule has 0 bridgehead atoms. The largest absolute Gasteiger partial charge is 0.309 e. The van der Waals surface area contributed by atoms with Gasteiger partial charge in [-0.25, -0.2) is 0 Å². The normalized spacial score (nSPS) is 12.9. The molecule has 1 atom stereocenters. The molecule has 1 N–H and O–H groups in total. The van der Waals surface area contributed by atoms with Crippen LogP contribution in [-0.2, 0) is 13.5 Å². The van der Waals surface area contributed by atoms with Crippen molar-refractivity contribution in [2.75, 3.05) is 6.54 Å². The quantitative estimate of drug-likeness (QED) is 0.862. The molecule has 0 unspecified atom stereocenters. The van der Waals surface area contributed by atoms with Gasteiger partial charge in [-0.3, -0.25) is 4.68 Å². The van der Waals surface area contributed by atoms with E-state index < -0.39 is 0 Å². The van der Waals surface area contributed by atoms with Crippen LogP contribution < -0.4 is 5.32 Å². The fourth-order valence-corrected chi connectivity index (χ4v) is 2.43. The van der Waals surface area contributed by atoms with Crippen LogP contribution in [0.2, 0.25) is 0 Å². The minimum atomic E-state index is 0.441. The highest BCUT2D eigenvalue weighted by molar-refractivity contribution is 7.10. The highest BCUT2D eigenvalue weighted by Gasteiger charge is 2.05. The molecule has 0 fully saturated rings. The van der Waals surface area contributed by atoms with Crippen molar-refractivity contribution < 1.29 is 0 Å². The van der Waals surface area contributed by atoms with Gasteiger partial charge < -0.3 is 5.32 Å². The first kappa shape index (κ1) is 11.4. The number of nitrogens with zero attached hydrogens (tertiary/aromatic N) is 2. The van der Waals surface area contributed by atoms with Gasteiger partial charge in [-0.15, -0.1) is 11.3 Å². The number of hydrogen-bond donors (Lipinski definition) is 1. The highest BCUT2D eigenvalue weighted by Crippen LogP contribution is 2.17. The fraction of sp³-hybridized carbons (Fsp3) is 0.417. The van der Waals surface area contributed by atoms with Crippen LogP contribution in [0.15, 0.2) is 29.9 Å². The molecule has 0 amide bonds. The lowest BCUT2D eigenvalue weighted by Gasteiger charge is -2.11. The van der Waals surface area contributed by atoms with Crippen LogP contribution in [0.1, 0.15) is 23.4 Å². The van der Waals surface area contributed by atoms with E-state index in [1.165, 1.54) is 10.4 Å². The third-order valence-corrected chi connectivity index (χ3v) is 3.65. The molecule has 0 aromatic carbocycles. The second-order valence-corrected chi connectivity index (χ2v) is 4.94. The molecule has 0 saturated heterocycles. The maximum atomic E-state index is 4.16. The maximum Gasteiger partial charge on any atom is 0.0522 e. The van der Waals surface area contributed by atoms with E-state index in [0.717, 1.165) is 13.0 Å². The van der Waals surface area contributed by atoms with Crippen molar-refractivity contribution in [3.63, 3.8) is 0 Å². The Morgan fingerprint density at radius 2 is 2.44 bits per heavy atom. The zero-order chi connectivity index (χ0) is 11.4. The summed E-state index contributed by atoms with van der Waals surface area (Å²) in [6.07, 6.45) is 5.03. The van der Waals surface area contributed by atoms with Gasteiger partial charge >= 0.3 is 0 Å². The predicted molar refractivity (Wildman–Crippen MR) is 67.6 cm³/mol. The van der Waals surface area contributed by atoms with Gasteiger partial charge in [0.1, 0.15) is 0 Å². The van der Waals surface area contributed by atoms with E-state index in [4.69, 9.17) is 0 Å². The van der Waals surface area contributed by atoms with Crippen LogP contribution in [0.4, 0.5) is 0 Å². The molecule has 0 spiro atoms. The minimum Gasteiger partial charge on any atom is -0.309 e. The Kier molecular flexibility index (Phi) is 3.74. The number of aryl methyl sites for hydroxylation is 1. The molecule has 16 heavy (non-hydrogen) atoms. The molecule has 3 nitrogen and oxygen atoms in total. The number of aromatic nitrogens is 2. The van der Waals surface area contributed by atoms with Crippen LogP contribution in [0.5, 0.6) is 0 Å². The summed E-state index contributed by atoms with van der Waals surface area (Å²) in [6.45, 7) is 3.19. The Morgan fingerprint density at radius 1 is 1.56 bits per heavy atom. The van der Waals surface area contributed by atoms with Crippen molar-refractivity contribution >= 4 is 11.3 Å². The van der Waals surface area contributed by atoms with Crippen molar-refractivity contribution in [1.82, 2.24) is 15.1 Å². The number of rotatable bonds is 5. The van der Waals surface area contributed by atoms with Gasteiger partial charge in [0, 0.05) is 24.2 Å². The molecule has 0 aliphatic carbocycles. The van der Waals surface area contributed by atoms with Gasteiger partial charge in [-0.1, -0.05) is 6.07 Å². The summed E-state index contributed by atoms with van der Waals surface area (Å²) in [5.74, 6) is 0. The Balaban J connectivity index is 1.76. The van der Waals surface area contributed by atoms with E-state index in [1.807, 2.05) is 17.9 Å². The second kappa shape index (κ2) is 5.27. The first-order valence-electron chi connectivity index (χ1n) is 5.50. The summed E-state index contributed by atoms with van der Waals surface area (Å²) < 4.78 is 1.85. The molecule has 86 valence electrons. The zero-order valence-corrected chi connectivity index (χ0v) is 10.5. The summed E-state index contributed by atoms with van der Waals surface area (Å²) in [6, 6.07) is 4.71. The average Bonchev–Trinajstić information content (AvgIpc) is 2.89. The van der Waals surface area contributed by atoms with Gasteiger partial charge in [0.15, 0.2) is 0 Å². The Hall–Kier alpha value is -1.13. The third-order valence-electron chi connectivity index (χ3n) is 2.59. The summed E-state index contributed by atoms with van der Waals surface area (Å²) in [7, 11) is 1.95. The van der Waals surface area contributed by atoms with Crippen molar-refractivity contribution in [3.8, 4) is 0 Å². The molecule has 0 aliphatic heterocycles. The smallest absolute Gasteiger partial charge is 0.0522 e. The molecule has 0 radical (unpaired) electrons. The third kappa shape index (κ3) is 2.93. The standard InChI is InChI=1S/C12H17N3S/c1-10(12-4-3-7-16-12)13-6-5-11-8-14-15(2)9-11/h3-4,7-10,13H,5-6H2,1-2H3/t10-/m1/s1. The van der Waals surface area contributed by atoms with Crippen LogP contribution in [0.25, 0.3) is 0 Å². The lowest BCUT2D eigenvalue weighted by atomic mass is 10.2. The van der Waals surface area contributed by atoms with Crippen LogP contribution in [0.3, 0.4) is 0 Å². The maximum absolute atomic E-state index is 4.16. The molecule has 2 aromatic rings. The SMILES string of the molecule is C[C@@H](NCCc1cnn(C)c1)c1cccs1. The van der Waals surface area contributed by atoms with Crippen molar-refractivity contribution in [2.45, 2.75) is 19.4 Å². The first-order chi connectivity index (χ1) is 7.75. The highest BCUT2D eigenvalue weighted by atomic mass is 32.1. The molecule has 2 heterocycles. The van der Waals surface area contributed by atoms with E-state index >= 15 is 0 Å². The number of hydrogen-bond acceptors (Lipinski definition) is 3. The van der Waals surface area contributed by atoms with Gasteiger partial charge in [-0.05, 0) is 36.9 Å². The molecule has 0 aliphatic rings. The van der Waals surface area contributed by atoms with Gasteiger partial charge in [0.2, 0.25) is 0 Å². The summed E-state index contributed by atoms with van der Waals surface area (Å²) >= 11 is 1.80. The molecular weight excluding hydrogens is 218 g/mol. The molecular formula is C12H17N3S. The van der Waals surface area contributed by atoms with E-state index in [0.29, 0.717) is 6.04 Å². The Bertz CT molecular complexity index is 419. The summed E-state index contributed by atoms with van der Waals surface area (Å²) in [5, 5.41) is 9.79. The van der Waals surface area contributed by atoms with Crippen molar-refractivity contribution in [3.05, 3.63) is 40.3 Å². The van der Waals surface area contributed by atoms with Crippen LogP contribution in [-0.4, -0.2) is 16.3 Å². The number of thiophene rings is 1. The van der Waals surface area contributed by atoms with Crippen molar-refractivity contribution in [1.29, 1.82) is 0 Å². The van der Waals surface area contributed by atoms with Gasteiger partial charge in [-0.2, -0.15) is 5.10 Å². The van der Waals surface area contributed by atoms with Crippen LogP contribution in [0, 0.1) is 0 Å². The van der Waals surface area contributed by atoms with E-state index in [1.54, 1.807) is 11.3 Å². The molecule has 2 rings (SSSR count). The Morgan fingerprint density at radius 3 is 3.06 bits per heavy atom. The lowest BCUT2D eigenvalue weighted by Crippen LogP contribution is -2.20. The average molecular weight is 235 g/mol.